The van der Waals surface area contributed by atoms with Crippen molar-refractivity contribution in [2.24, 2.45) is 5.73 Å². The van der Waals surface area contributed by atoms with Gasteiger partial charge in [0.05, 0.1) is 0 Å². The number of nitrogens with two attached hydrogens (primary N) is 1. The molecule has 2 rings (SSSR count). The molecule has 2 N–H and O–H groups in total. The predicted octanol–water partition coefficient (Wildman–Crippen LogP) is 4.98. The van der Waals surface area contributed by atoms with E-state index in [1.165, 1.54) is 0 Å². The van der Waals surface area contributed by atoms with Gasteiger partial charge in [-0.1, -0.05) is 23.2 Å². The number of hydrogen-bond donors (Lipinski definition) is 1. The standard InChI is InChI=1S/C16H17Cl2NO/c1-10-7-13(17)3-5-15(10)20-16-6-4-14(18)9-12(16)8-11(2)19/h3-7,9,11H,8,19H2,1-2H3. The molecule has 106 valence electrons. The van der Waals surface area contributed by atoms with E-state index >= 15 is 0 Å². The largest absolute Gasteiger partial charge is 0.457 e. The second kappa shape index (κ2) is 6.49. The number of benzene rings is 2. The first kappa shape index (κ1) is 15.2. The Labute approximate surface area is 129 Å². The summed E-state index contributed by atoms with van der Waals surface area (Å²) in [4.78, 5) is 0. The van der Waals surface area contributed by atoms with Gasteiger partial charge in [-0.05, 0) is 67.8 Å². The Hall–Kier alpha value is -1.22. The van der Waals surface area contributed by atoms with Crippen LogP contribution in [0.3, 0.4) is 0 Å². The zero-order valence-corrected chi connectivity index (χ0v) is 13.0. The molecule has 0 bridgehead atoms. The molecular weight excluding hydrogens is 293 g/mol. The topological polar surface area (TPSA) is 35.2 Å². The Bertz CT molecular complexity index is 611. The minimum Gasteiger partial charge on any atom is -0.457 e. The van der Waals surface area contributed by atoms with Crippen LogP contribution in [0.25, 0.3) is 0 Å². The highest BCUT2D eigenvalue weighted by molar-refractivity contribution is 6.31. The van der Waals surface area contributed by atoms with Crippen molar-refractivity contribution < 1.29 is 4.74 Å². The van der Waals surface area contributed by atoms with Crippen molar-refractivity contribution in [3.63, 3.8) is 0 Å². The van der Waals surface area contributed by atoms with Crippen molar-refractivity contribution in [2.45, 2.75) is 26.3 Å². The van der Waals surface area contributed by atoms with Crippen LogP contribution >= 0.6 is 23.2 Å². The van der Waals surface area contributed by atoms with Gasteiger partial charge in [-0.2, -0.15) is 0 Å². The molecule has 2 aromatic rings. The Morgan fingerprint density at radius 2 is 1.65 bits per heavy atom. The molecule has 0 aliphatic carbocycles. The highest BCUT2D eigenvalue weighted by Gasteiger charge is 2.10. The summed E-state index contributed by atoms with van der Waals surface area (Å²) in [6.45, 7) is 3.92. The van der Waals surface area contributed by atoms with Gasteiger partial charge in [-0.25, -0.2) is 0 Å². The highest BCUT2D eigenvalue weighted by Crippen LogP contribution is 2.31. The van der Waals surface area contributed by atoms with Crippen LogP contribution in [0.15, 0.2) is 36.4 Å². The van der Waals surface area contributed by atoms with Crippen molar-refractivity contribution in [3.8, 4) is 11.5 Å². The second-order valence-corrected chi connectivity index (χ2v) is 5.82. The zero-order chi connectivity index (χ0) is 14.7. The Morgan fingerprint density at radius 1 is 1.05 bits per heavy atom. The maximum Gasteiger partial charge on any atom is 0.130 e. The lowest BCUT2D eigenvalue weighted by Crippen LogP contribution is -2.18. The summed E-state index contributed by atoms with van der Waals surface area (Å²) >= 11 is 12.0. The average Bonchev–Trinajstić information content (AvgIpc) is 2.34. The molecule has 1 unspecified atom stereocenters. The van der Waals surface area contributed by atoms with E-state index in [4.69, 9.17) is 33.7 Å². The van der Waals surface area contributed by atoms with Gasteiger partial charge >= 0.3 is 0 Å². The molecule has 1 atom stereocenters. The van der Waals surface area contributed by atoms with Gasteiger partial charge in [0, 0.05) is 16.1 Å². The number of halogens is 2. The molecule has 0 aliphatic rings. The SMILES string of the molecule is Cc1cc(Cl)ccc1Oc1ccc(Cl)cc1CC(C)N. The second-order valence-electron chi connectivity index (χ2n) is 4.95. The van der Waals surface area contributed by atoms with Crippen molar-refractivity contribution >= 4 is 23.2 Å². The Balaban J connectivity index is 2.32. The minimum absolute atomic E-state index is 0.0436. The van der Waals surface area contributed by atoms with E-state index in [1.54, 1.807) is 0 Å². The molecule has 0 fully saturated rings. The van der Waals surface area contributed by atoms with Crippen LogP contribution in [0, 0.1) is 6.92 Å². The number of rotatable bonds is 4. The van der Waals surface area contributed by atoms with Crippen molar-refractivity contribution in [1.82, 2.24) is 0 Å². The van der Waals surface area contributed by atoms with Crippen LogP contribution in [0.1, 0.15) is 18.1 Å². The summed E-state index contributed by atoms with van der Waals surface area (Å²) in [5, 5.41) is 1.38. The van der Waals surface area contributed by atoms with E-state index in [0.717, 1.165) is 22.6 Å². The summed E-state index contributed by atoms with van der Waals surface area (Å²) in [6, 6.07) is 11.2. The Morgan fingerprint density at radius 3 is 2.25 bits per heavy atom. The first-order chi connectivity index (χ1) is 9.45. The maximum absolute atomic E-state index is 6.04. The van der Waals surface area contributed by atoms with Gasteiger partial charge in [-0.15, -0.1) is 0 Å². The summed E-state index contributed by atoms with van der Waals surface area (Å²) < 4.78 is 5.98. The van der Waals surface area contributed by atoms with Gasteiger partial charge in [0.1, 0.15) is 11.5 Å². The van der Waals surface area contributed by atoms with E-state index in [1.807, 2.05) is 50.2 Å². The quantitative estimate of drug-likeness (QED) is 0.864. The fourth-order valence-electron chi connectivity index (χ4n) is 2.00. The number of ether oxygens (including phenoxy) is 1. The molecule has 20 heavy (non-hydrogen) atoms. The van der Waals surface area contributed by atoms with E-state index in [0.29, 0.717) is 16.5 Å². The van der Waals surface area contributed by atoms with Crippen molar-refractivity contribution in [2.75, 3.05) is 0 Å². The molecule has 0 spiro atoms. The first-order valence-corrected chi connectivity index (χ1v) is 7.19. The molecule has 0 saturated heterocycles. The van der Waals surface area contributed by atoms with Crippen LogP contribution < -0.4 is 10.5 Å². The van der Waals surface area contributed by atoms with Crippen LogP contribution in [0.4, 0.5) is 0 Å². The summed E-state index contributed by atoms with van der Waals surface area (Å²) in [5.41, 5.74) is 7.86. The molecule has 4 heteroatoms. The van der Waals surface area contributed by atoms with Gasteiger partial charge in [-0.3, -0.25) is 0 Å². The number of hydrogen-bond acceptors (Lipinski definition) is 2. The molecular formula is C16H17Cl2NO. The van der Waals surface area contributed by atoms with Crippen molar-refractivity contribution in [1.29, 1.82) is 0 Å². The van der Waals surface area contributed by atoms with Crippen molar-refractivity contribution in [3.05, 3.63) is 57.6 Å². The van der Waals surface area contributed by atoms with E-state index in [9.17, 15) is 0 Å². The summed E-state index contributed by atoms with van der Waals surface area (Å²) in [5.74, 6) is 1.56. The minimum atomic E-state index is 0.0436. The first-order valence-electron chi connectivity index (χ1n) is 6.43. The molecule has 0 saturated carbocycles. The lowest BCUT2D eigenvalue weighted by Gasteiger charge is -2.14. The molecule has 0 aliphatic heterocycles. The highest BCUT2D eigenvalue weighted by atomic mass is 35.5. The third-order valence-electron chi connectivity index (χ3n) is 2.92. The zero-order valence-electron chi connectivity index (χ0n) is 11.5. The van der Waals surface area contributed by atoms with Crippen LogP contribution in [0.5, 0.6) is 11.5 Å². The third kappa shape index (κ3) is 3.89. The molecule has 2 aromatic carbocycles. The summed E-state index contributed by atoms with van der Waals surface area (Å²) in [7, 11) is 0. The van der Waals surface area contributed by atoms with E-state index < -0.39 is 0 Å². The lowest BCUT2D eigenvalue weighted by molar-refractivity contribution is 0.470. The van der Waals surface area contributed by atoms with Gasteiger partial charge < -0.3 is 10.5 Å². The van der Waals surface area contributed by atoms with Crippen LogP contribution in [0.2, 0.25) is 10.0 Å². The summed E-state index contributed by atoms with van der Waals surface area (Å²) in [6.07, 6.45) is 0.711. The number of aryl methyl sites for hydroxylation is 1. The molecule has 0 radical (unpaired) electrons. The molecule has 0 heterocycles. The maximum atomic E-state index is 6.04. The fraction of sp³-hybridized carbons (Fsp3) is 0.250. The Kier molecular flexibility index (Phi) is 4.92. The fourth-order valence-corrected chi connectivity index (χ4v) is 2.42. The lowest BCUT2D eigenvalue weighted by atomic mass is 10.1. The van der Waals surface area contributed by atoms with E-state index in [-0.39, 0.29) is 6.04 Å². The molecule has 2 nitrogen and oxygen atoms in total. The third-order valence-corrected chi connectivity index (χ3v) is 3.39. The predicted molar refractivity (Wildman–Crippen MR) is 85.1 cm³/mol. The molecule has 0 amide bonds. The van der Waals surface area contributed by atoms with Gasteiger partial charge in [0.2, 0.25) is 0 Å². The van der Waals surface area contributed by atoms with Crippen LogP contribution in [-0.2, 0) is 6.42 Å². The average molecular weight is 310 g/mol. The van der Waals surface area contributed by atoms with E-state index in [2.05, 4.69) is 0 Å². The van der Waals surface area contributed by atoms with Crippen LogP contribution in [-0.4, -0.2) is 6.04 Å². The monoisotopic (exact) mass is 309 g/mol. The normalized spacial score (nSPS) is 12.2. The van der Waals surface area contributed by atoms with Gasteiger partial charge in [0.15, 0.2) is 0 Å². The van der Waals surface area contributed by atoms with Gasteiger partial charge in [0.25, 0.3) is 0 Å². The smallest absolute Gasteiger partial charge is 0.130 e. The molecule has 0 aromatic heterocycles.